The third-order valence-corrected chi connectivity index (χ3v) is 2.98. The first-order chi connectivity index (χ1) is 9.08. The van der Waals surface area contributed by atoms with Crippen molar-refractivity contribution in [2.24, 2.45) is 0 Å². The molecular formula is C15H14F2O2. The molecule has 19 heavy (non-hydrogen) atoms. The lowest BCUT2D eigenvalue weighted by molar-refractivity contribution is -0.00591. The zero-order chi connectivity index (χ0) is 13.9. The highest BCUT2D eigenvalue weighted by Crippen LogP contribution is 2.32. The number of hydrogen-bond acceptors (Lipinski definition) is 2. The van der Waals surface area contributed by atoms with Crippen molar-refractivity contribution in [2.45, 2.75) is 5.60 Å². The molecule has 2 aromatic carbocycles. The molecule has 0 aliphatic heterocycles. The van der Waals surface area contributed by atoms with Gasteiger partial charge in [-0.25, -0.2) is 8.78 Å². The largest absolute Gasteiger partial charge is 0.381 e. The van der Waals surface area contributed by atoms with E-state index in [1.54, 1.807) is 30.3 Å². The Kier molecular flexibility index (Phi) is 3.93. The molecule has 0 heterocycles. The first-order valence-corrected chi connectivity index (χ1v) is 5.80. The maximum absolute atomic E-state index is 13.9. The van der Waals surface area contributed by atoms with Crippen molar-refractivity contribution in [3.8, 4) is 0 Å². The van der Waals surface area contributed by atoms with Gasteiger partial charge in [-0.3, -0.25) is 0 Å². The van der Waals surface area contributed by atoms with Gasteiger partial charge in [0, 0.05) is 12.7 Å². The molecule has 1 atom stereocenters. The van der Waals surface area contributed by atoms with Crippen LogP contribution in [0.25, 0.3) is 0 Å². The lowest BCUT2D eigenvalue weighted by atomic mass is 9.86. The highest BCUT2D eigenvalue weighted by molar-refractivity contribution is 5.37. The fraction of sp³-hybridized carbons (Fsp3) is 0.200. The minimum atomic E-state index is -1.72. The monoisotopic (exact) mass is 264 g/mol. The van der Waals surface area contributed by atoms with Crippen molar-refractivity contribution in [1.29, 1.82) is 0 Å². The maximum Gasteiger partial charge on any atom is 0.141 e. The van der Waals surface area contributed by atoms with Crippen LogP contribution in [-0.4, -0.2) is 18.8 Å². The summed E-state index contributed by atoms with van der Waals surface area (Å²) in [6, 6.07) is 11.5. The average Bonchev–Trinajstić information content (AvgIpc) is 2.42. The average molecular weight is 264 g/mol. The summed E-state index contributed by atoms with van der Waals surface area (Å²) in [7, 11) is 1.39. The second-order valence-electron chi connectivity index (χ2n) is 4.28. The molecule has 100 valence electrons. The van der Waals surface area contributed by atoms with Crippen LogP contribution in [0.5, 0.6) is 0 Å². The van der Waals surface area contributed by atoms with E-state index in [0.29, 0.717) is 5.56 Å². The van der Waals surface area contributed by atoms with E-state index < -0.39 is 17.2 Å². The second-order valence-corrected chi connectivity index (χ2v) is 4.28. The number of benzene rings is 2. The Bertz CT molecular complexity index is 557. The van der Waals surface area contributed by atoms with Crippen LogP contribution in [-0.2, 0) is 10.3 Å². The SMILES string of the molecule is COCC(O)(c1ccccc1)c1cc(F)ccc1F. The summed E-state index contributed by atoms with van der Waals surface area (Å²) in [5.74, 6) is -1.29. The van der Waals surface area contributed by atoms with Crippen molar-refractivity contribution in [2.75, 3.05) is 13.7 Å². The number of hydrogen-bond donors (Lipinski definition) is 1. The van der Waals surface area contributed by atoms with E-state index in [9.17, 15) is 13.9 Å². The predicted molar refractivity (Wildman–Crippen MR) is 67.7 cm³/mol. The molecule has 0 saturated heterocycles. The van der Waals surface area contributed by atoms with E-state index in [-0.39, 0.29) is 12.2 Å². The molecule has 2 rings (SSSR count). The zero-order valence-electron chi connectivity index (χ0n) is 10.4. The number of aliphatic hydroxyl groups is 1. The van der Waals surface area contributed by atoms with Crippen molar-refractivity contribution in [3.63, 3.8) is 0 Å². The quantitative estimate of drug-likeness (QED) is 0.920. The summed E-state index contributed by atoms with van der Waals surface area (Å²) in [5.41, 5.74) is -1.41. The first-order valence-electron chi connectivity index (χ1n) is 5.80. The van der Waals surface area contributed by atoms with E-state index in [2.05, 4.69) is 0 Å². The maximum atomic E-state index is 13.9. The van der Waals surface area contributed by atoms with Crippen LogP contribution < -0.4 is 0 Å². The van der Waals surface area contributed by atoms with Crippen molar-refractivity contribution in [1.82, 2.24) is 0 Å². The normalized spacial score (nSPS) is 14.1. The van der Waals surface area contributed by atoms with Gasteiger partial charge in [-0.05, 0) is 23.8 Å². The van der Waals surface area contributed by atoms with Gasteiger partial charge in [0.05, 0.1) is 6.61 Å². The topological polar surface area (TPSA) is 29.5 Å². The van der Waals surface area contributed by atoms with Gasteiger partial charge in [-0.15, -0.1) is 0 Å². The van der Waals surface area contributed by atoms with E-state index in [1.807, 2.05) is 0 Å². The molecule has 4 heteroatoms. The molecule has 0 radical (unpaired) electrons. The fourth-order valence-electron chi connectivity index (χ4n) is 2.05. The molecule has 1 unspecified atom stereocenters. The first kappa shape index (κ1) is 13.6. The molecular weight excluding hydrogens is 250 g/mol. The Labute approximate surface area is 110 Å². The Hall–Kier alpha value is -1.78. The Morgan fingerprint density at radius 2 is 1.79 bits per heavy atom. The van der Waals surface area contributed by atoms with Crippen LogP contribution in [0.1, 0.15) is 11.1 Å². The lowest BCUT2D eigenvalue weighted by Crippen LogP contribution is -2.33. The molecule has 0 aliphatic rings. The predicted octanol–water partition coefficient (Wildman–Crippen LogP) is 2.85. The van der Waals surface area contributed by atoms with Gasteiger partial charge in [0.15, 0.2) is 0 Å². The van der Waals surface area contributed by atoms with E-state index >= 15 is 0 Å². The molecule has 0 aliphatic carbocycles. The van der Waals surface area contributed by atoms with Crippen molar-refractivity contribution >= 4 is 0 Å². The molecule has 0 amide bonds. The molecule has 0 aromatic heterocycles. The lowest BCUT2D eigenvalue weighted by Gasteiger charge is -2.28. The molecule has 2 nitrogen and oxygen atoms in total. The fourth-order valence-corrected chi connectivity index (χ4v) is 2.05. The van der Waals surface area contributed by atoms with Gasteiger partial charge in [-0.2, -0.15) is 0 Å². The summed E-state index contributed by atoms with van der Waals surface area (Å²) in [6.45, 7) is -0.169. The summed E-state index contributed by atoms with van der Waals surface area (Å²) in [4.78, 5) is 0. The minimum Gasteiger partial charge on any atom is -0.381 e. The van der Waals surface area contributed by atoms with Crippen molar-refractivity contribution < 1.29 is 18.6 Å². The van der Waals surface area contributed by atoms with Crippen molar-refractivity contribution in [3.05, 3.63) is 71.3 Å². The van der Waals surface area contributed by atoms with E-state index in [0.717, 1.165) is 18.2 Å². The summed E-state index contributed by atoms with van der Waals surface area (Å²) >= 11 is 0. The highest BCUT2D eigenvalue weighted by atomic mass is 19.1. The Balaban J connectivity index is 2.59. The number of halogens is 2. The summed E-state index contributed by atoms with van der Waals surface area (Å²) in [6.07, 6.45) is 0. The molecule has 0 spiro atoms. The highest BCUT2D eigenvalue weighted by Gasteiger charge is 2.34. The molecule has 0 bridgehead atoms. The molecule has 0 fully saturated rings. The van der Waals surface area contributed by atoms with Crippen LogP contribution in [0.2, 0.25) is 0 Å². The van der Waals surface area contributed by atoms with Crippen LogP contribution in [0, 0.1) is 11.6 Å². The van der Waals surface area contributed by atoms with Crippen LogP contribution in [0.3, 0.4) is 0 Å². The van der Waals surface area contributed by atoms with E-state index in [1.165, 1.54) is 7.11 Å². The molecule has 0 saturated carbocycles. The van der Waals surface area contributed by atoms with Crippen LogP contribution in [0.15, 0.2) is 48.5 Å². The number of methoxy groups -OCH3 is 1. The zero-order valence-corrected chi connectivity index (χ0v) is 10.4. The second kappa shape index (κ2) is 5.47. The smallest absolute Gasteiger partial charge is 0.141 e. The molecule has 1 N–H and O–H groups in total. The minimum absolute atomic E-state index is 0.138. The number of ether oxygens (including phenoxy) is 1. The third kappa shape index (κ3) is 2.64. The van der Waals surface area contributed by atoms with Crippen LogP contribution in [0.4, 0.5) is 8.78 Å². The Morgan fingerprint density at radius 1 is 1.11 bits per heavy atom. The molecule has 2 aromatic rings. The number of rotatable bonds is 4. The van der Waals surface area contributed by atoms with Gasteiger partial charge in [0.25, 0.3) is 0 Å². The van der Waals surface area contributed by atoms with Gasteiger partial charge in [0.2, 0.25) is 0 Å². The Morgan fingerprint density at radius 3 is 2.42 bits per heavy atom. The third-order valence-electron chi connectivity index (χ3n) is 2.98. The summed E-state index contributed by atoms with van der Waals surface area (Å²) in [5, 5.41) is 10.7. The van der Waals surface area contributed by atoms with Gasteiger partial charge in [0.1, 0.15) is 17.2 Å². The van der Waals surface area contributed by atoms with Crippen LogP contribution >= 0.6 is 0 Å². The van der Waals surface area contributed by atoms with Gasteiger partial charge < -0.3 is 9.84 Å². The van der Waals surface area contributed by atoms with Gasteiger partial charge >= 0.3 is 0 Å². The van der Waals surface area contributed by atoms with Gasteiger partial charge in [-0.1, -0.05) is 30.3 Å². The van der Waals surface area contributed by atoms with E-state index in [4.69, 9.17) is 4.74 Å². The standard InChI is InChI=1S/C15H14F2O2/c1-19-10-15(18,11-5-3-2-4-6-11)13-9-12(16)7-8-14(13)17/h2-9,18H,10H2,1H3. The summed E-state index contributed by atoms with van der Waals surface area (Å²) < 4.78 is 32.2.